The van der Waals surface area contributed by atoms with Crippen molar-refractivity contribution in [1.82, 2.24) is 15.1 Å². The van der Waals surface area contributed by atoms with Gasteiger partial charge < -0.3 is 10.1 Å². The van der Waals surface area contributed by atoms with Crippen LogP contribution in [0.25, 0.3) is 6.08 Å². The van der Waals surface area contributed by atoms with Crippen molar-refractivity contribution in [2.45, 2.75) is 0 Å². The summed E-state index contributed by atoms with van der Waals surface area (Å²) in [4.78, 5) is 40.0. The molecule has 2 aliphatic rings. The summed E-state index contributed by atoms with van der Waals surface area (Å²) in [5.41, 5.74) is 0.684. The van der Waals surface area contributed by atoms with Crippen molar-refractivity contribution in [2.24, 2.45) is 0 Å². The Morgan fingerprint density at radius 1 is 1.26 bits per heavy atom. The molecule has 1 N–H and O–H groups in total. The van der Waals surface area contributed by atoms with Gasteiger partial charge in [0.05, 0.1) is 24.7 Å². The highest BCUT2D eigenvalue weighted by Gasteiger charge is 2.34. The number of hydrogen-bond donors (Lipinski definition) is 1. The molecule has 1 aromatic rings. The van der Waals surface area contributed by atoms with Crippen molar-refractivity contribution < 1.29 is 19.1 Å². The van der Waals surface area contributed by atoms with Gasteiger partial charge in [0.25, 0.3) is 11.1 Å². The molecule has 3 amide bonds. The summed E-state index contributed by atoms with van der Waals surface area (Å²) in [6.45, 7) is 3.36. The number of nitrogens with one attached hydrogen (secondary N) is 1. The fourth-order valence-corrected chi connectivity index (χ4v) is 3.80. The molecule has 7 nitrogen and oxygen atoms in total. The lowest BCUT2D eigenvalue weighted by Crippen LogP contribution is -2.45. The van der Waals surface area contributed by atoms with E-state index in [9.17, 15) is 14.4 Å². The van der Waals surface area contributed by atoms with E-state index in [1.807, 2.05) is 11.0 Å². The fraction of sp³-hybridized carbons (Fsp3) is 0.389. The van der Waals surface area contributed by atoms with E-state index in [0.717, 1.165) is 29.8 Å². The number of amides is 3. The lowest BCUT2D eigenvalue weighted by molar-refractivity contribution is -0.125. The van der Waals surface area contributed by atoms with Crippen LogP contribution in [0.1, 0.15) is 5.56 Å². The van der Waals surface area contributed by atoms with Crippen molar-refractivity contribution in [2.75, 3.05) is 45.9 Å². The number of imide groups is 1. The van der Waals surface area contributed by atoms with Gasteiger partial charge in [0.1, 0.15) is 0 Å². The molecular weight excluding hydrogens is 390 g/mol. The molecule has 0 atom stereocenters. The van der Waals surface area contributed by atoms with Gasteiger partial charge in [-0.3, -0.25) is 24.2 Å². The van der Waals surface area contributed by atoms with Crippen molar-refractivity contribution in [3.8, 4) is 0 Å². The number of ether oxygens (including phenoxy) is 1. The van der Waals surface area contributed by atoms with Gasteiger partial charge in [-0.25, -0.2) is 0 Å². The van der Waals surface area contributed by atoms with E-state index >= 15 is 0 Å². The van der Waals surface area contributed by atoms with E-state index in [1.165, 1.54) is 0 Å². The van der Waals surface area contributed by atoms with Gasteiger partial charge in [0.15, 0.2) is 0 Å². The summed E-state index contributed by atoms with van der Waals surface area (Å²) in [7, 11) is 0. The fourth-order valence-electron chi connectivity index (χ4n) is 2.75. The van der Waals surface area contributed by atoms with Crippen molar-refractivity contribution in [1.29, 1.82) is 0 Å². The predicted molar refractivity (Wildman–Crippen MR) is 104 cm³/mol. The van der Waals surface area contributed by atoms with Gasteiger partial charge in [0, 0.05) is 31.2 Å². The van der Waals surface area contributed by atoms with Gasteiger partial charge in [-0.05, 0) is 29.5 Å². The van der Waals surface area contributed by atoms with E-state index in [4.69, 9.17) is 16.3 Å². The minimum Gasteiger partial charge on any atom is -0.379 e. The maximum atomic E-state index is 12.5. The van der Waals surface area contributed by atoms with Crippen LogP contribution < -0.4 is 5.32 Å². The highest BCUT2D eigenvalue weighted by Crippen LogP contribution is 2.33. The zero-order chi connectivity index (χ0) is 19.2. The Labute approximate surface area is 166 Å². The Morgan fingerprint density at radius 3 is 2.74 bits per heavy atom. The second-order valence-electron chi connectivity index (χ2n) is 6.09. The maximum absolute atomic E-state index is 12.5. The third-order valence-corrected chi connectivity index (χ3v) is 5.45. The highest BCUT2D eigenvalue weighted by molar-refractivity contribution is 8.18. The molecule has 1 aromatic carbocycles. The van der Waals surface area contributed by atoms with Gasteiger partial charge in [-0.15, -0.1) is 0 Å². The maximum Gasteiger partial charge on any atom is 0.293 e. The number of hydrogen-bond acceptors (Lipinski definition) is 6. The van der Waals surface area contributed by atoms with Crippen LogP contribution in [0.4, 0.5) is 4.79 Å². The van der Waals surface area contributed by atoms with E-state index in [0.29, 0.717) is 28.7 Å². The van der Waals surface area contributed by atoms with Gasteiger partial charge in [0.2, 0.25) is 5.91 Å². The molecule has 2 heterocycles. The first kappa shape index (κ1) is 19.9. The predicted octanol–water partition coefficient (Wildman–Crippen LogP) is 1.82. The Hall–Kier alpha value is -1.87. The van der Waals surface area contributed by atoms with Crippen LogP contribution in [-0.4, -0.2) is 72.8 Å². The summed E-state index contributed by atoms with van der Waals surface area (Å²) >= 11 is 6.98. The molecule has 0 aliphatic carbocycles. The van der Waals surface area contributed by atoms with Crippen LogP contribution in [-0.2, 0) is 14.3 Å². The Kier molecular flexibility index (Phi) is 6.89. The first-order valence-corrected chi connectivity index (χ1v) is 9.81. The minimum absolute atomic E-state index is 0.129. The second-order valence-corrected chi connectivity index (χ2v) is 7.49. The van der Waals surface area contributed by atoms with E-state index in [-0.39, 0.29) is 36.7 Å². The lowest BCUT2D eigenvalue weighted by atomic mass is 10.2. The van der Waals surface area contributed by atoms with Crippen LogP contribution >= 0.6 is 23.4 Å². The monoisotopic (exact) mass is 409 g/mol. The average Bonchev–Trinajstić information content (AvgIpc) is 2.92. The summed E-state index contributed by atoms with van der Waals surface area (Å²) in [6.07, 6.45) is 1.62. The quantitative estimate of drug-likeness (QED) is 0.722. The molecule has 0 bridgehead atoms. The molecule has 2 fully saturated rings. The molecule has 0 saturated carbocycles. The Balaban J connectivity index is 1.50. The van der Waals surface area contributed by atoms with E-state index in [2.05, 4.69) is 5.32 Å². The number of nitrogens with zero attached hydrogens (tertiary/aromatic N) is 2. The smallest absolute Gasteiger partial charge is 0.293 e. The third-order valence-electron chi connectivity index (χ3n) is 4.19. The van der Waals surface area contributed by atoms with E-state index in [1.54, 1.807) is 24.3 Å². The summed E-state index contributed by atoms with van der Waals surface area (Å²) in [5.74, 6) is -0.497. The molecule has 27 heavy (non-hydrogen) atoms. The van der Waals surface area contributed by atoms with Crippen LogP contribution in [0, 0.1) is 0 Å². The third kappa shape index (κ3) is 5.32. The van der Waals surface area contributed by atoms with Gasteiger partial charge in [-0.1, -0.05) is 29.8 Å². The Morgan fingerprint density at radius 2 is 2.00 bits per heavy atom. The first-order valence-electron chi connectivity index (χ1n) is 8.61. The lowest BCUT2D eigenvalue weighted by Gasteiger charge is -2.25. The van der Waals surface area contributed by atoms with Crippen molar-refractivity contribution in [3.05, 3.63) is 39.8 Å². The molecule has 144 valence electrons. The number of thioether (sulfide) groups is 1. The molecule has 2 aliphatic heterocycles. The minimum atomic E-state index is -0.368. The standard InChI is InChI=1S/C18H20ClN3O4S/c19-14-4-2-1-3-13(14)11-15-17(24)22(18(25)27-15)6-5-20-16(23)12-21-7-9-26-10-8-21/h1-4,11H,5-10,12H2,(H,20,23)/b15-11+. The number of rotatable bonds is 6. The molecule has 0 unspecified atom stereocenters. The van der Waals surface area contributed by atoms with Crippen LogP contribution in [0.3, 0.4) is 0 Å². The number of carbonyl (C=O) groups excluding carboxylic acids is 3. The van der Waals surface area contributed by atoms with E-state index < -0.39 is 0 Å². The topological polar surface area (TPSA) is 79.0 Å². The molecule has 0 radical (unpaired) electrons. The largest absolute Gasteiger partial charge is 0.379 e. The van der Waals surface area contributed by atoms with Crippen LogP contribution in [0.15, 0.2) is 29.2 Å². The molecule has 3 rings (SSSR count). The summed E-state index contributed by atoms with van der Waals surface area (Å²) in [6, 6.07) is 7.11. The number of halogens is 1. The van der Waals surface area contributed by atoms with Gasteiger partial charge >= 0.3 is 0 Å². The van der Waals surface area contributed by atoms with Crippen molar-refractivity contribution >= 4 is 46.5 Å². The molecule has 2 saturated heterocycles. The molecular formula is C18H20ClN3O4S. The zero-order valence-electron chi connectivity index (χ0n) is 14.7. The first-order chi connectivity index (χ1) is 13.0. The number of benzene rings is 1. The Bertz CT molecular complexity index is 765. The number of carbonyl (C=O) groups is 3. The van der Waals surface area contributed by atoms with Crippen LogP contribution in [0.5, 0.6) is 0 Å². The second kappa shape index (κ2) is 9.36. The summed E-state index contributed by atoms with van der Waals surface area (Å²) in [5, 5.41) is 2.92. The SMILES string of the molecule is O=C(CN1CCOCC1)NCCN1C(=O)S/C(=C/c2ccccc2Cl)C1=O. The molecule has 0 aromatic heterocycles. The van der Waals surface area contributed by atoms with Crippen LogP contribution in [0.2, 0.25) is 5.02 Å². The number of morpholine rings is 1. The molecule has 9 heteroatoms. The van der Waals surface area contributed by atoms with Gasteiger partial charge in [-0.2, -0.15) is 0 Å². The van der Waals surface area contributed by atoms with Crippen molar-refractivity contribution in [3.63, 3.8) is 0 Å². The highest BCUT2D eigenvalue weighted by atomic mass is 35.5. The normalized spacial score (nSPS) is 19.7. The summed E-state index contributed by atoms with van der Waals surface area (Å²) < 4.78 is 5.24. The zero-order valence-corrected chi connectivity index (χ0v) is 16.2. The molecule has 0 spiro atoms. The average molecular weight is 410 g/mol.